The Bertz CT molecular complexity index is 471. The molecule has 86 valence electrons. The summed E-state index contributed by atoms with van der Waals surface area (Å²) in [6, 6.07) is 8.50. The summed E-state index contributed by atoms with van der Waals surface area (Å²) in [5.74, 6) is 0. The molecule has 0 amide bonds. The fourth-order valence-electron chi connectivity index (χ4n) is 1.96. The molecule has 0 saturated carbocycles. The van der Waals surface area contributed by atoms with Gasteiger partial charge in [0.1, 0.15) is 0 Å². The van der Waals surface area contributed by atoms with Crippen molar-refractivity contribution in [2.75, 3.05) is 0 Å². The third kappa shape index (κ3) is 2.12. The highest BCUT2D eigenvalue weighted by Gasteiger charge is 2.07. The molecule has 16 heavy (non-hydrogen) atoms. The summed E-state index contributed by atoms with van der Waals surface area (Å²) in [4.78, 5) is 0. The maximum atomic E-state index is 5.68. The number of benzene rings is 1. The van der Waals surface area contributed by atoms with Gasteiger partial charge in [-0.2, -0.15) is 0 Å². The van der Waals surface area contributed by atoms with Crippen LogP contribution in [0.4, 0.5) is 0 Å². The summed E-state index contributed by atoms with van der Waals surface area (Å²) >= 11 is 0. The zero-order valence-electron chi connectivity index (χ0n) is 10.2. The van der Waals surface area contributed by atoms with Crippen LogP contribution in [0, 0.1) is 0 Å². The topological polar surface area (TPSA) is 14.2 Å². The molecular formula is C14H19NO. The van der Waals surface area contributed by atoms with Crippen LogP contribution in [0.15, 0.2) is 30.5 Å². The first kappa shape index (κ1) is 11.2. The molecule has 1 aromatic carbocycles. The van der Waals surface area contributed by atoms with E-state index < -0.39 is 0 Å². The molecule has 2 rings (SSSR count). The number of aromatic nitrogens is 1. The second kappa shape index (κ2) is 4.71. The average molecular weight is 217 g/mol. The standard InChI is InChI=1S/C14H19NO/c1-4-15-9-12(10-16-11(2)3)13-7-5-6-8-14(13)15/h5-9,11H,4,10H2,1-3H3. The van der Waals surface area contributed by atoms with E-state index in [2.05, 4.69) is 55.8 Å². The maximum absolute atomic E-state index is 5.68. The average Bonchev–Trinajstić information content (AvgIpc) is 2.65. The number of hydrogen-bond acceptors (Lipinski definition) is 1. The minimum atomic E-state index is 0.281. The molecule has 1 aromatic heterocycles. The zero-order chi connectivity index (χ0) is 11.5. The predicted molar refractivity (Wildman–Crippen MR) is 67.5 cm³/mol. The van der Waals surface area contributed by atoms with Crippen LogP contribution in [-0.4, -0.2) is 10.7 Å². The van der Waals surface area contributed by atoms with Crippen molar-refractivity contribution in [1.82, 2.24) is 4.57 Å². The van der Waals surface area contributed by atoms with Gasteiger partial charge in [0.25, 0.3) is 0 Å². The van der Waals surface area contributed by atoms with Gasteiger partial charge in [0.05, 0.1) is 12.7 Å². The van der Waals surface area contributed by atoms with E-state index in [4.69, 9.17) is 4.74 Å². The Labute approximate surface area is 96.8 Å². The molecule has 0 atom stereocenters. The van der Waals surface area contributed by atoms with E-state index in [1.54, 1.807) is 0 Å². The lowest BCUT2D eigenvalue weighted by molar-refractivity contribution is 0.0663. The minimum absolute atomic E-state index is 0.281. The van der Waals surface area contributed by atoms with Crippen molar-refractivity contribution in [1.29, 1.82) is 0 Å². The van der Waals surface area contributed by atoms with E-state index in [0.717, 1.165) is 6.54 Å². The lowest BCUT2D eigenvalue weighted by Crippen LogP contribution is -2.01. The molecule has 2 heteroatoms. The fraction of sp³-hybridized carbons (Fsp3) is 0.429. The molecular weight excluding hydrogens is 198 g/mol. The van der Waals surface area contributed by atoms with Crippen molar-refractivity contribution in [3.8, 4) is 0 Å². The molecule has 0 radical (unpaired) electrons. The maximum Gasteiger partial charge on any atom is 0.0741 e. The second-order valence-electron chi connectivity index (χ2n) is 4.32. The molecule has 0 fully saturated rings. The van der Waals surface area contributed by atoms with Gasteiger partial charge in [-0.3, -0.25) is 0 Å². The summed E-state index contributed by atoms with van der Waals surface area (Å²) in [7, 11) is 0. The molecule has 0 N–H and O–H groups in total. The number of ether oxygens (including phenoxy) is 1. The lowest BCUT2D eigenvalue weighted by Gasteiger charge is -2.05. The number of rotatable bonds is 4. The fourth-order valence-corrected chi connectivity index (χ4v) is 1.96. The van der Waals surface area contributed by atoms with Crippen LogP contribution in [0.25, 0.3) is 10.9 Å². The molecule has 0 aliphatic heterocycles. The van der Waals surface area contributed by atoms with Crippen molar-refractivity contribution in [2.24, 2.45) is 0 Å². The molecule has 1 heterocycles. The number of aryl methyl sites for hydroxylation is 1. The second-order valence-corrected chi connectivity index (χ2v) is 4.32. The molecule has 0 unspecified atom stereocenters. The largest absolute Gasteiger partial charge is 0.374 e. The number of para-hydroxylation sites is 1. The Hall–Kier alpha value is -1.28. The summed E-state index contributed by atoms with van der Waals surface area (Å²) in [6.07, 6.45) is 2.48. The quantitative estimate of drug-likeness (QED) is 0.763. The van der Waals surface area contributed by atoms with Crippen LogP contribution in [0.5, 0.6) is 0 Å². The lowest BCUT2D eigenvalue weighted by atomic mass is 10.2. The van der Waals surface area contributed by atoms with Crippen LogP contribution in [0.1, 0.15) is 26.3 Å². The van der Waals surface area contributed by atoms with Crippen LogP contribution < -0.4 is 0 Å². The molecule has 0 aliphatic carbocycles. The summed E-state index contributed by atoms with van der Waals surface area (Å²) < 4.78 is 7.95. The highest BCUT2D eigenvalue weighted by molar-refractivity contribution is 5.83. The van der Waals surface area contributed by atoms with Crippen molar-refractivity contribution in [2.45, 2.75) is 40.0 Å². The van der Waals surface area contributed by atoms with Gasteiger partial charge in [-0.15, -0.1) is 0 Å². The van der Waals surface area contributed by atoms with Gasteiger partial charge in [0.15, 0.2) is 0 Å². The van der Waals surface area contributed by atoms with Crippen molar-refractivity contribution >= 4 is 10.9 Å². The first-order chi connectivity index (χ1) is 7.72. The Balaban J connectivity index is 2.37. The van der Waals surface area contributed by atoms with Crippen LogP contribution >= 0.6 is 0 Å². The normalized spacial score (nSPS) is 11.5. The summed E-state index contributed by atoms with van der Waals surface area (Å²) in [5, 5.41) is 1.31. The third-order valence-electron chi connectivity index (χ3n) is 2.78. The molecule has 2 aromatic rings. The Morgan fingerprint density at radius 1 is 1.25 bits per heavy atom. The highest BCUT2D eigenvalue weighted by Crippen LogP contribution is 2.22. The Kier molecular flexibility index (Phi) is 3.30. The molecule has 2 nitrogen and oxygen atoms in total. The van der Waals surface area contributed by atoms with Crippen LogP contribution in [0.2, 0.25) is 0 Å². The monoisotopic (exact) mass is 217 g/mol. The number of nitrogens with zero attached hydrogens (tertiary/aromatic N) is 1. The van der Waals surface area contributed by atoms with E-state index in [-0.39, 0.29) is 6.10 Å². The van der Waals surface area contributed by atoms with Crippen molar-refractivity contribution in [3.63, 3.8) is 0 Å². The van der Waals surface area contributed by atoms with E-state index in [1.165, 1.54) is 16.5 Å². The van der Waals surface area contributed by atoms with Gasteiger partial charge in [-0.05, 0) is 26.8 Å². The Morgan fingerprint density at radius 2 is 2.00 bits per heavy atom. The predicted octanol–water partition coefficient (Wildman–Crippen LogP) is 3.59. The first-order valence-corrected chi connectivity index (χ1v) is 5.90. The number of hydrogen-bond donors (Lipinski definition) is 0. The van der Waals surface area contributed by atoms with E-state index in [1.807, 2.05) is 0 Å². The molecule has 0 spiro atoms. The third-order valence-corrected chi connectivity index (χ3v) is 2.78. The van der Waals surface area contributed by atoms with Crippen LogP contribution in [-0.2, 0) is 17.9 Å². The molecule has 0 saturated heterocycles. The van der Waals surface area contributed by atoms with Crippen LogP contribution in [0.3, 0.4) is 0 Å². The SMILES string of the molecule is CCn1cc(COC(C)C)c2ccccc21. The first-order valence-electron chi connectivity index (χ1n) is 5.90. The Morgan fingerprint density at radius 3 is 2.69 bits per heavy atom. The van der Waals surface area contributed by atoms with Gasteiger partial charge in [-0.25, -0.2) is 0 Å². The van der Waals surface area contributed by atoms with Gasteiger partial charge >= 0.3 is 0 Å². The highest BCUT2D eigenvalue weighted by atomic mass is 16.5. The summed E-state index contributed by atoms with van der Waals surface area (Å²) in [6.45, 7) is 8.00. The smallest absolute Gasteiger partial charge is 0.0741 e. The van der Waals surface area contributed by atoms with Crippen molar-refractivity contribution < 1.29 is 4.74 Å². The van der Waals surface area contributed by atoms with Gasteiger partial charge in [-0.1, -0.05) is 18.2 Å². The summed E-state index contributed by atoms with van der Waals surface area (Å²) in [5.41, 5.74) is 2.58. The van der Waals surface area contributed by atoms with E-state index in [9.17, 15) is 0 Å². The molecule has 0 aliphatic rings. The zero-order valence-corrected chi connectivity index (χ0v) is 10.2. The van der Waals surface area contributed by atoms with E-state index >= 15 is 0 Å². The van der Waals surface area contributed by atoms with Gasteiger partial charge < -0.3 is 9.30 Å². The van der Waals surface area contributed by atoms with Crippen molar-refractivity contribution in [3.05, 3.63) is 36.0 Å². The van der Waals surface area contributed by atoms with Gasteiger partial charge in [0, 0.05) is 29.2 Å². The number of fused-ring (bicyclic) bond motifs is 1. The van der Waals surface area contributed by atoms with Gasteiger partial charge in [0.2, 0.25) is 0 Å². The minimum Gasteiger partial charge on any atom is -0.374 e. The van der Waals surface area contributed by atoms with E-state index in [0.29, 0.717) is 6.61 Å². The molecule has 0 bridgehead atoms.